The molecule has 3 unspecified atom stereocenters. The number of likely N-dealkylation sites (N-methyl/N-ethyl adjacent to an activating group) is 1. The van der Waals surface area contributed by atoms with E-state index in [9.17, 15) is 9.59 Å². The number of rotatable bonds is 5. The van der Waals surface area contributed by atoms with Crippen molar-refractivity contribution in [2.75, 3.05) is 38.6 Å². The van der Waals surface area contributed by atoms with E-state index in [4.69, 9.17) is 5.11 Å². The van der Waals surface area contributed by atoms with Gasteiger partial charge in [-0.3, -0.25) is 14.6 Å². The maximum absolute atomic E-state index is 12.4. The molecule has 3 atom stereocenters. The Morgan fingerprint density at radius 3 is 2.65 bits per heavy atom. The van der Waals surface area contributed by atoms with E-state index in [1.807, 2.05) is 6.92 Å². The number of hydrogen-bond donors (Lipinski definition) is 1. The van der Waals surface area contributed by atoms with Crippen LogP contribution in [0, 0.1) is 11.8 Å². The lowest BCUT2D eigenvalue weighted by Crippen LogP contribution is -2.40. The Morgan fingerprint density at radius 2 is 2.12 bits per heavy atom. The molecule has 0 amide bonds. The summed E-state index contributed by atoms with van der Waals surface area (Å²) in [6.45, 7) is 3.68. The maximum Gasteiger partial charge on any atom is 0.315 e. The standard InChI is InChI=1S/C18H25N5O3/c1-4-12-16(21-7-13(17(12)24)18(25)26)14-8-20-15(9-19-14)23-6-5-11(10-23)22(2)3/h8-9,11-13H,4-7,10H2,1-3H3,(H,25,26). The van der Waals surface area contributed by atoms with Crippen LogP contribution < -0.4 is 4.90 Å². The molecule has 1 fully saturated rings. The molecule has 2 aliphatic rings. The molecular weight excluding hydrogens is 334 g/mol. The molecule has 2 aliphatic heterocycles. The third-order valence-electron chi connectivity index (χ3n) is 5.29. The highest BCUT2D eigenvalue weighted by atomic mass is 16.4. The van der Waals surface area contributed by atoms with Gasteiger partial charge in [-0.2, -0.15) is 0 Å². The third-order valence-corrected chi connectivity index (χ3v) is 5.29. The summed E-state index contributed by atoms with van der Waals surface area (Å²) in [5.41, 5.74) is 1.11. The van der Waals surface area contributed by atoms with Crippen LogP contribution in [-0.4, -0.2) is 77.2 Å². The van der Waals surface area contributed by atoms with Crippen LogP contribution >= 0.6 is 0 Å². The minimum atomic E-state index is -1.11. The second kappa shape index (κ2) is 7.49. The van der Waals surface area contributed by atoms with Crippen molar-refractivity contribution < 1.29 is 14.7 Å². The largest absolute Gasteiger partial charge is 0.481 e. The number of hydrogen-bond acceptors (Lipinski definition) is 7. The number of Topliss-reactive ketones (excluding diaryl/α,β-unsaturated/α-hetero) is 1. The number of carbonyl (C=O) groups is 2. The lowest BCUT2D eigenvalue weighted by atomic mass is 9.83. The third kappa shape index (κ3) is 3.46. The molecule has 0 aromatic carbocycles. The normalized spacial score (nSPS) is 26.3. The van der Waals surface area contributed by atoms with E-state index in [-0.39, 0.29) is 12.3 Å². The van der Waals surface area contributed by atoms with Crippen molar-refractivity contribution >= 4 is 23.3 Å². The molecule has 0 aliphatic carbocycles. The lowest BCUT2D eigenvalue weighted by Gasteiger charge is -2.25. The Hall–Kier alpha value is -2.35. The van der Waals surface area contributed by atoms with Crippen LogP contribution in [0.1, 0.15) is 25.5 Å². The van der Waals surface area contributed by atoms with E-state index in [2.05, 4.69) is 38.9 Å². The number of carboxylic acid groups (broad SMARTS) is 1. The number of anilines is 1. The van der Waals surface area contributed by atoms with E-state index >= 15 is 0 Å². The molecule has 0 saturated carbocycles. The van der Waals surface area contributed by atoms with Crippen LogP contribution in [0.15, 0.2) is 17.4 Å². The summed E-state index contributed by atoms with van der Waals surface area (Å²) >= 11 is 0. The van der Waals surface area contributed by atoms with Gasteiger partial charge in [0.15, 0.2) is 5.78 Å². The van der Waals surface area contributed by atoms with E-state index in [0.717, 1.165) is 25.3 Å². The van der Waals surface area contributed by atoms with Crippen molar-refractivity contribution in [2.24, 2.45) is 16.8 Å². The Labute approximate surface area is 153 Å². The molecule has 1 N–H and O–H groups in total. The first-order valence-electron chi connectivity index (χ1n) is 8.97. The van der Waals surface area contributed by atoms with Crippen molar-refractivity contribution in [3.63, 3.8) is 0 Å². The first kappa shape index (κ1) is 18.4. The topological polar surface area (TPSA) is 99.0 Å². The first-order chi connectivity index (χ1) is 12.4. The van der Waals surface area contributed by atoms with Crippen LogP contribution in [0.5, 0.6) is 0 Å². The lowest BCUT2D eigenvalue weighted by molar-refractivity contribution is -0.146. The number of aliphatic carboxylic acids is 1. The molecule has 0 bridgehead atoms. The summed E-state index contributed by atoms with van der Waals surface area (Å²) in [7, 11) is 4.16. The van der Waals surface area contributed by atoms with Gasteiger partial charge in [-0.1, -0.05) is 6.92 Å². The van der Waals surface area contributed by atoms with Crippen molar-refractivity contribution in [2.45, 2.75) is 25.8 Å². The number of ketones is 1. The number of carbonyl (C=O) groups excluding carboxylic acids is 1. The highest BCUT2D eigenvalue weighted by Gasteiger charge is 2.38. The molecule has 1 aromatic heterocycles. The van der Waals surface area contributed by atoms with Gasteiger partial charge in [-0.05, 0) is 26.9 Å². The second-order valence-corrected chi connectivity index (χ2v) is 7.09. The van der Waals surface area contributed by atoms with Gasteiger partial charge in [0.05, 0.1) is 30.6 Å². The van der Waals surface area contributed by atoms with Gasteiger partial charge in [-0.15, -0.1) is 0 Å². The molecule has 1 saturated heterocycles. The minimum Gasteiger partial charge on any atom is -0.481 e. The van der Waals surface area contributed by atoms with Gasteiger partial charge in [0.2, 0.25) is 0 Å². The Balaban J connectivity index is 1.78. The molecule has 8 heteroatoms. The van der Waals surface area contributed by atoms with Crippen molar-refractivity contribution in [3.8, 4) is 0 Å². The van der Waals surface area contributed by atoms with E-state index < -0.39 is 17.8 Å². The fourth-order valence-electron chi connectivity index (χ4n) is 3.61. The molecule has 8 nitrogen and oxygen atoms in total. The highest BCUT2D eigenvalue weighted by Crippen LogP contribution is 2.24. The molecule has 26 heavy (non-hydrogen) atoms. The average Bonchev–Trinajstić information content (AvgIpc) is 3.11. The summed E-state index contributed by atoms with van der Waals surface area (Å²) in [6, 6.07) is 0.509. The van der Waals surface area contributed by atoms with Gasteiger partial charge >= 0.3 is 5.97 Å². The van der Waals surface area contributed by atoms with Crippen molar-refractivity contribution in [1.82, 2.24) is 14.9 Å². The fourth-order valence-corrected chi connectivity index (χ4v) is 3.61. The zero-order chi connectivity index (χ0) is 18.8. The molecule has 1 aromatic rings. The van der Waals surface area contributed by atoms with E-state index in [1.54, 1.807) is 12.4 Å². The van der Waals surface area contributed by atoms with Gasteiger partial charge in [0.1, 0.15) is 17.4 Å². The molecule has 140 valence electrons. The minimum absolute atomic E-state index is 0.0277. The van der Waals surface area contributed by atoms with Crippen molar-refractivity contribution in [3.05, 3.63) is 18.1 Å². The zero-order valence-corrected chi connectivity index (χ0v) is 15.4. The van der Waals surface area contributed by atoms with Crippen LogP contribution in [0.3, 0.4) is 0 Å². The molecule has 0 spiro atoms. The molecule has 3 heterocycles. The van der Waals surface area contributed by atoms with Gasteiger partial charge in [-0.25, -0.2) is 9.97 Å². The van der Waals surface area contributed by atoms with Crippen LogP contribution in [0.2, 0.25) is 0 Å². The number of carboxylic acids is 1. The average molecular weight is 359 g/mol. The predicted molar refractivity (Wildman–Crippen MR) is 97.7 cm³/mol. The van der Waals surface area contributed by atoms with Crippen LogP contribution in [0.25, 0.3) is 0 Å². The molecular formula is C18H25N5O3. The second-order valence-electron chi connectivity index (χ2n) is 7.09. The summed E-state index contributed by atoms with van der Waals surface area (Å²) < 4.78 is 0. The van der Waals surface area contributed by atoms with Gasteiger partial charge in [0, 0.05) is 19.1 Å². The van der Waals surface area contributed by atoms with Gasteiger partial charge in [0.25, 0.3) is 0 Å². The number of aliphatic imine (C=N–C) groups is 1. The Kier molecular flexibility index (Phi) is 5.31. The predicted octanol–water partition coefficient (Wildman–Crippen LogP) is 0.716. The summed E-state index contributed by atoms with van der Waals surface area (Å²) in [5.74, 6) is -2.16. The van der Waals surface area contributed by atoms with Crippen LogP contribution in [-0.2, 0) is 9.59 Å². The zero-order valence-electron chi connectivity index (χ0n) is 15.4. The highest BCUT2D eigenvalue weighted by molar-refractivity contribution is 6.18. The Morgan fingerprint density at radius 1 is 1.35 bits per heavy atom. The SMILES string of the molecule is CCC1C(=O)C(C(=O)O)CN=C1c1cnc(N2CCC(N(C)C)C2)cn1. The summed E-state index contributed by atoms with van der Waals surface area (Å²) in [4.78, 5) is 41.4. The van der Waals surface area contributed by atoms with E-state index in [0.29, 0.717) is 23.9 Å². The fraction of sp³-hybridized carbons (Fsp3) is 0.611. The van der Waals surface area contributed by atoms with Gasteiger partial charge < -0.3 is 14.9 Å². The summed E-state index contributed by atoms with van der Waals surface area (Å²) in [6.07, 6.45) is 4.96. The number of aromatic nitrogens is 2. The quantitative estimate of drug-likeness (QED) is 0.773. The van der Waals surface area contributed by atoms with E-state index in [1.165, 1.54) is 0 Å². The first-order valence-corrected chi connectivity index (χ1v) is 8.97. The van der Waals surface area contributed by atoms with Crippen LogP contribution in [0.4, 0.5) is 5.82 Å². The summed E-state index contributed by atoms with van der Waals surface area (Å²) in [5, 5.41) is 9.17. The Bertz CT molecular complexity index is 716. The van der Waals surface area contributed by atoms with Crippen molar-refractivity contribution in [1.29, 1.82) is 0 Å². The number of nitrogens with zero attached hydrogens (tertiary/aromatic N) is 5. The maximum atomic E-state index is 12.4. The molecule has 0 radical (unpaired) electrons. The molecule has 3 rings (SSSR count). The smallest absolute Gasteiger partial charge is 0.315 e. The monoisotopic (exact) mass is 359 g/mol.